The van der Waals surface area contributed by atoms with E-state index in [1.165, 1.54) is 51.6 Å². The van der Waals surface area contributed by atoms with Gasteiger partial charge in [0.05, 0.1) is 19.1 Å². The standard InChI is InChI=1S/C18H26N2O/c21-18(16-8-4-3-5-9-16)20-14-10-17(11-15-20)19-12-6-1-2-7-13-19/h3-5,8-9,17H,1-2,6-7,10-15H2/p+1. The molecule has 0 radical (unpaired) electrons. The quantitative estimate of drug-likeness (QED) is 0.881. The first-order valence-electron chi connectivity index (χ1n) is 8.53. The van der Waals surface area contributed by atoms with Crippen LogP contribution in [0.25, 0.3) is 0 Å². The highest BCUT2D eigenvalue weighted by Gasteiger charge is 2.30. The minimum Gasteiger partial charge on any atom is -0.338 e. The summed E-state index contributed by atoms with van der Waals surface area (Å²) in [5.74, 6) is 0.208. The molecule has 1 aromatic rings. The number of quaternary nitrogens is 1. The monoisotopic (exact) mass is 287 g/mol. The minimum absolute atomic E-state index is 0.208. The highest BCUT2D eigenvalue weighted by Crippen LogP contribution is 2.13. The molecule has 2 saturated heterocycles. The highest BCUT2D eigenvalue weighted by molar-refractivity contribution is 5.94. The summed E-state index contributed by atoms with van der Waals surface area (Å²) in [5, 5.41) is 0. The molecule has 21 heavy (non-hydrogen) atoms. The van der Waals surface area contributed by atoms with Gasteiger partial charge in [0, 0.05) is 31.5 Å². The summed E-state index contributed by atoms with van der Waals surface area (Å²) in [7, 11) is 0. The molecule has 0 aliphatic carbocycles. The molecule has 3 nitrogen and oxygen atoms in total. The van der Waals surface area contributed by atoms with Crippen molar-refractivity contribution < 1.29 is 9.69 Å². The van der Waals surface area contributed by atoms with Gasteiger partial charge in [0.1, 0.15) is 0 Å². The first-order chi connectivity index (χ1) is 10.3. The number of nitrogens with zero attached hydrogens (tertiary/aromatic N) is 1. The molecule has 1 aromatic carbocycles. The molecule has 0 aromatic heterocycles. The van der Waals surface area contributed by atoms with Gasteiger partial charge >= 0.3 is 0 Å². The van der Waals surface area contributed by atoms with Crippen LogP contribution < -0.4 is 4.90 Å². The van der Waals surface area contributed by atoms with E-state index in [0.29, 0.717) is 0 Å². The number of piperidine rings is 1. The number of benzene rings is 1. The van der Waals surface area contributed by atoms with Crippen LogP contribution in [0.4, 0.5) is 0 Å². The largest absolute Gasteiger partial charge is 0.338 e. The molecule has 0 saturated carbocycles. The predicted octanol–water partition coefficient (Wildman–Crippen LogP) is 1.75. The second kappa shape index (κ2) is 7.08. The number of likely N-dealkylation sites (tertiary alicyclic amines) is 2. The van der Waals surface area contributed by atoms with Crippen molar-refractivity contribution in [3.63, 3.8) is 0 Å². The van der Waals surface area contributed by atoms with Gasteiger partial charge in [0.15, 0.2) is 0 Å². The predicted molar refractivity (Wildman–Crippen MR) is 84.5 cm³/mol. The van der Waals surface area contributed by atoms with E-state index in [1.54, 1.807) is 4.90 Å². The van der Waals surface area contributed by atoms with Crippen molar-refractivity contribution in [3.05, 3.63) is 35.9 Å². The summed E-state index contributed by atoms with van der Waals surface area (Å²) in [6.07, 6.45) is 7.95. The summed E-state index contributed by atoms with van der Waals surface area (Å²) < 4.78 is 0. The van der Waals surface area contributed by atoms with Crippen LogP contribution >= 0.6 is 0 Å². The lowest BCUT2D eigenvalue weighted by molar-refractivity contribution is -0.926. The van der Waals surface area contributed by atoms with E-state index in [9.17, 15) is 4.79 Å². The number of hydrogen-bond donors (Lipinski definition) is 1. The number of hydrogen-bond acceptors (Lipinski definition) is 1. The van der Waals surface area contributed by atoms with Crippen LogP contribution in [0.3, 0.4) is 0 Å². The molecule has 2 heterocycles. The van der Waals surface area contributed by atoms with E-state index in [4.69, 9.17) is 0 Å². The molecule has 3 heteroatoms. The molecule has 1 amide bonds. The van der Waals surface area contributed by atoms with Gasteiger partial charge in [-0.2, -0.15) is 0 Å². The van der Waals surface area contributed by atoms with Crippen molar-refractivity contribution in [2.75, 3.05) is 26.2 Å². The fraction of sp³-hybridized carbons (Fsp3) is 0.611. The number of nitrogens with one attached hydrogen (secondary N) is 1. The van der Waals surface area contributed by atoms with Gasteiger partial charge in [0.25, 0.3) is 5.91 Å². The molecule has 0 unspecified atom stereocenters. The molecule has 0 atom stereocenters. The zero-order valence-electron chi connectivity index (χ0n) is 12.9. The van der Waals surface area contributed by atoms with Crippen molar-refractivity contribution in [2.24, 2.45) is 0 Å². The van der Waals surface area contributed by atoms with Crippen molar-refractivity contribution in [3.8, 4) is 0 Å². The van der Waals surface area contributed by atoms with Gasteiger partial charge < -0.3 is 9.80 Å². The second-order valence-electron chi connectivity index (χ2n) is 6.50. The first-order valence-corrected chi connectivity index (χ1v) is 8.53. The molecule has 2 fully saturated rings. The van der Waals surface area contributed by atoms with Crippen LogP contribution in [-0.2, 0) is 0 Å². The molecule has 2 aliphatic rings. The maximum absolute atomic E-state index is 12.5. The smallest absolute Gasteiger partial charge is 0.253 e. The molecular weight excluding hydrogens is 260 g/mol. The van der Waals surface area contributed by atoms with Crippen molar-refractivity contribution in [1.82, 2.24) is 4.90 Å². The lowest BCUT2D eigenvalue weighted by atomic mass is 10.0. The fourth-order valence-electron chi connectivity index (χ4n) is 3.85. The lowest BCUT2D eigenvalue weighted by Crippen LogP contribution is -3.16. The minimum atomic E-state index is 0.208. The summed E-state index contributed by atoms with van der Waals surface area (Å²) in [4.78, 5) is 16.3. The van der Waals surface area contributed by atoms with Gasteiger partial charge in [-0.05, 0) is 37.8 Å². The maximum atomic E-state index is 12.5. The Labute approximate surface area is 127 Å². The summed E-state index contributed by atoms with van der Waals surface area (Å²) >= 11 is 0. The zero-order chi connectivity index (χ0) is 14.5. The Morgan fingerprint density at radius 1 is 0.952 bits per heavy atom. The summed E-state index contributed by atoms with van der Waals surface area (Å²) in [5.41, 5.74) is 0.832. The maximum Gasteiger partial charge on any atom is 0.253 e. The van der Waals surface area contributed by atoms with Crippen LogP contribution in [0, 0.1) is 0 Å². The van der Waals surface area contributed by atoms with Gasteiger partial charge in [-0.25, -0.2) is 0 Å². The van der Waals surface area contributed by atoms with Crippen LogP contribution in [0.1, 0.15) is 48.9 Å². The molecular formula is C18H27N2O+. The van der Waals surface area contributed by atoms with Crippen molar-refractivity contribution in [1.29, 1.82) is 0 Å². The van der Waals surface area contributed by atoms with E-state index in [-0.39, 0.29) is 5.91 Å². The van der Waals surface area contributed by atoms with E-state index in [0.717, 1.165) is 24.7 Å². The number of carbonyl (C=O) groups excluding carboxylic acids is 1. The third-order valence-corrected chi connectivity index (χ3v) is 5.13. The summed E-state index contributed by atoms with van der Waals surface area (Å²) in [6, 6.07) is 10.5. The third-order valence-electron chi connectivity index (χ3n) is 5.13. The Bertz CT molecular complexity index is 444. The molecule has 1 N–H and O–H groups in total. The van der Waals surface area contributed by atoms with Crippen molar-refractivity contribution in [2.45, 2.75) is 44.6 Å². The van der Waals surface area contributed by atoms with Crippen LogP contribution in [-0.4, -0.2) is 43.0 Å². The van der Waals surface area contributed by atoms with Crippen molar-refractivity contribution >= 4 is 5.91 Å². The Kier molecular flexibility index (Phi) is 4.91. The van der Waals surface area contributed by atoms with Gasteiger partial charge in [-0.3, -0.25) is 4.79 Å². The van der Waals surface area contributed by atoms with E-state index >= 15 is 0 Å². The Balaban J connectivity index is 1.54. The topological polar surface area (TPSA) is 24.8 Å². The average Bonchev–Trinajstić information content (AvgIpc) is 2.84. The van der Waals surface area contributed by atoms with Gasteiger partial charge in [-0.1, -0.05) is 18.2 Å². The Morgan fingerprint density at radius 2 is 1.57 bits per heavy atom. The fourth-order valence-corrected chi connectivity index (χ4v) is 3.85. The zero-order valence-corrected chi connectivity index (χ0v) is 12.9. The number of rotatable bonds is 2. The van der Waals surface area contributed by atoms with Crippen LogP contribution in [0.5, 0.6) is 0 Å². The molecule has 2 aliphatic heterocycles. The molecule has 0 bridgehead atoms. The number of amides is 1. The Morgan fingerprint density at radius 3 is 2.19 bits per heavy atom. The lowest BCUT2D eigenvalue weighted by Gasteiger charge is -2.36. The van der Waals surface area contributed by atoms with Gasteiger partial charge in [0.2, 0.25) is 0 Å². The molecule has 0 spiro atoms. The van der Waals surface area contributed by atoms with Crippen LogP contribution in [0.2, 0.25) is 0 Å². The molecule has 114 valence electrons. The summed E-state index contributed by atoms with van der Waals surface area (Å²) in [6.45, 7) is 4.55. The average molecular weight is 287 g/mol. The first kappa shape index (κ1) is 14.6. The van der Waals surface area contributed by atoms with E-state index in [2.05, 4.69) is 0 Å². The van der Waals surface area contributed by atoms with E-state index < -0.39 is 0 Å². The SMILES string of the molecule is O=C(c1ccccc1)N1CCC([NH+]2CCCCCC2)CC1. The van der Waals surface area contributed by atoms with E-state index in [1.807, 2.05) is 35.2 Å². The molecule has 3 rings (SSSR count). The van der Waals surface area contributed by atoms with Crippen LogP contribution in [0.15, 0.2) is 30.3 Å². The highest BCUT2D eigenvalue weighted by atomic mass is 16.2. The third kappa shape index (κ3) is 3.65. The van der Waals surface area contributed by atoms with Gasteiger partial charge in [-0.15, -0.1) is 0 Å². The second-order valence-corrected chi connectivity index (χ2v) is 6.50. The number of carbonyl (C=O) groups is 1. The normalized spacial score (nSPS) is 22.0. The Hall–Kier alpha value is -1.35.